The lowest BCUT2D eigenvalue weighted by molar-refractivity contribution is 0.0954. The zero-order valence-electron chi connectivity index (χ0n) is 15.9. The molecule has 0 radical (unpaired) electrons. The van der Waals surface area contributed by atoms with E-state index >= 15 is 0 Å². The zero-order valence-corrected chi connectivity index (χ0v) is 16.7. The fourth-order valence-corrected chi connectivity index (χ4v) is 2.64. The second-order valence-electron chi connectivity index (χ2n) is 6.17. The van der Waals surface area contributed by atoms with E-state index in [-0.39, 0.29) is 11.7 Å². The largest absolute Gasteiger partial charge is 0.504 e. The van der Waals surface area contributed by atoms with Crippen molar-refractivity contribution < 1.29 is 19.4 Å². The van der Waals surface area contributed by atoms with Gasteiger partial charge < -0.3 is 15.2 Å². The summed E-state index contributed by atoms with van der Waals surface area (Å²) in [4.78, 5) is 24.4. The van der Waals surface area contributed by atoms with Crippen molar-refractivity contribution in [2.45, 2.75) is 0 Å². The van der Waals surface area contributed by atoms with Crippen molar-refractivity contribution in [1.29, 1.82) is 0 Å². The van der Waals surface area contributed by atoms with Gasteiger partial charge in [0.2, 0.25) is 0 Å². The third-order valence-corrected chi connectivity index (χ3v) is 4.35. The first-order chi connectivity index (χ1) is 14.5. The molecule has 0 spiro atoms. The second-order valence-corrected chi connectivity index (χ2v) is 6.61. The molecule has 0 aliphatic heterocycles. The number of phenols is 1. The van der Waals surface area contributed by atoms with Gasteiger partial charge >= 0.3 is 0 Å². The third-order valence-electron chi connectivity index (χ3n) is 4.09. The van der Waals surface area contributed by atoms with E-state index in [0.717, 1.165) is 0 Å². The highest BCUT2D eigenvalue weighted by Gasteiger charge is 2.08. The predicted octanol–water partition coefficient (Wildman–Crippen LogP) is 4.07. The number of carbonyl (C=O) groups is 2. The van der Waals surface area contributed by atoms with Crippen molar-refractivity contribution in [2.24, 2.45) is 5.10 Å². The number of hydrogen-bond donors (Lipinski definition) is 3. The number of phenolic OH excluding ortho intramolecular Hbond substituents is 1. The molecule has 3 aromatic carbocycles. The van der Waals surface area contributed by atoms with Gasteiger partial charge in [0.1, 0.15) is 0 Å². The maximum atomic E-state index is 12.2. The van der Waals surface area contributed by atoms with Gasteiger partial charge in [0.25, 0.3) is 11.8 Å². The number of amides is 2. The summed E-state index contributed by atoms with van der Waals surface area (Å²) < 4.78 is 5.02. The molecule has 30 heavy (non-hydrogen) atoms. The SMILES string of the molecule is COc1cc(/C=N/NC(=O)c2ccc(NC(=O)c3ccc(Cl)cc3)cc2)ccc1O. The van der Waals surface area contributed by atoms with Crippen molar-refractivity contribution in [2.75, 3.05) is 12.4 Å². The molecule has 0 heterocycles. The molecule has 3 aromatic rings. The van der Waals surface area contributed by atoms with E-state index in [1.807, 2.05) is 0 Å². The molecular weight excluding hydrogens is 406 g/mol. The minimum absolute atomic E-state index is 0.0157. The minimum atomic E-state index is -0.410. The monoisotopic (exact) mass is 423 g/mol. The molecule has 3 N–H and O–H groups in total. The molecule has 0 aliphatic rings. The van der Waals surface area contributed by atoms with Crippen LogP contribution in [0.15, 0.2) is 71.8 Å². The van der Waals surface area contributed by atoms with E-state index in [9.17, 15) is 14.7 Å². The van der Waals surface area contributed by atoms with Gasteiger partial charge in [-0.05, 0) is 72.3 Å². The van der Waals surface area contributed by atoms with Crippen molar-refractivity contribution in [3.8, 4) is 11.5 Å². The first-order valence-electron chi connectivity index (χ1n) is 8.83. The highest BCUT2D eigenvalue weighted by Crippen LogP contribution is 2.25. The Morgan fingerprint density at radius 2 is 1.60 bits per heavy atom. The number of hydrogen-bond acceptors (Lipinski definition) is 5. The van der Waals surface area contributed by atoms with Gasteiger partial charge in [-0.25, -0.2) is 5.43 Å². The van der Waals surface area contributed by atoms with Crippen LogP contribution in [-0.2, 0) is 0 Å². The molecule has 0 unspecified atom stereocenters. The van der Waals surface area contributed by atoms with Crippen LogP contribution in [0.1, 0.15) is 26.3 Å². The first kappa shape index (κ1) is 20.9. The van der Waals surface area contributed by atoms with Gasteiger partial charge in [0.05, 0.1) is 13.3 Å². The zero-order chi connectivity index (χ0) is 21.5. The third kappa shape index (κ3) is 5.36. The van der Waals surface area contributed by atoms with Gasteiger partial charge in [0, 0.05) is 21.8 Å². The molecule has 152 valence electrons. The van der Waals surface area contributed by atoms with E-state index in [1.54, 1.807) is 60.7 Å². The summed E-state index contributed by atoms with van der Waals surface area (Å²) in [7, 11) is 1.44. The Morgan fingerprint density at radius 3 is 2.27 bits per heavy atom. The number of rotatable bonds is 6. The Balaban J connectivity index is 1.58. The van der Waals surface area contributed by atoms with Crippen LogP contribution in [0.25, 0.3) is 0 Å². The number of benzene rings is 3. The predicted molar refractivity (Wildman–Crippen MR) is 116 cm³/mol. The quantitative estimate of drug-likeness (QED) is 0.411. The molecule has 8 heteroatoms. The summed E-state index contributed by atoms with van der Waals surface area (Å²) in [6.45, 7) is 0. The molecule has 2 amide bonds. The number of halogens is 1. The lowest BCUT2D eigenvalue weighted by Crippen LogP contribution is -2.17. The maximum absolute atomic E-state index is 12.2. The molecule has 0 fully saturated rings. The van der Waals surface area contributed by atoms with E-state index < -0.39 is 5.91 Å². The average molecular weight is 424 g/mol. The van der Waals surface area contributed by atoms with Crippen LogP contribution < -0.4 is 15.5 Å². The van der Waals surface area contributed by atoms with Gasteiger partial charge in [-0.1, -0.05) is 11.6 Å². The number of carbonyl (C=O) groups excluding carboxylic acids is 2. The molecule has 0 atom stereocenters. The minimum Gasteiger partial charge on any atom is -0.504 e. The number of anilines is 1. The van der Waals surface area contributed by atoms with Crippen LogP contribution in [0.4, 0.5) is 5.69 Å². The van der Waals surface area contributed by atoms with E-state index in [4.69, 9.17) is 16.3 Å². The number of ether oxygens (including phenoxy) is 1. The van der Waals surface area contributed by atoms with E-state index in [0.29, 0.717) is 33.1 Å². The van der Waals surface area contributed by atoms with Gasteiger partial charge in [-0.2, -0.15) is 5.10 Å². The molecule has 0 saturated heterocycles. The van der Waals surface area contributed by atoms with Crippen LogP contribution >= 0.6 is 11.6 Å². The maximum Gasteiger partial charge on any atom is 0.271 e. The molecule has 7 nitrogen and oxygen atoms in total. The normalized spacial score (nSPS) is 10.6. The Labute approximate surface area is 178 Å². The Kier molecular flexibility index (Phi) is 6.67. The first-order valence-corrected chi connectivity index (χ1v) is 9.21. The fraction of sp³-hybridized carbons (Fsp3) is 0.0455. The van der Waals surface area contributed by atoms with Crippen LogP contribution in [0.5, 0.6) is 11.5 Å². The van der Waals surface area contributed by atoms with Crippen molar-refractivity contribution in [3.63, 3.8) is 0 Å². The van der Waals surface area contributed by atoms with Crippen LogP contribution in [-0.4, -0.2) is 30.2 Å². The molecule has 0 aliphatic carbocycles. The van der Waals surface area contributed by atoms with Gasteiger partial charge in [-0.15, -0.1) is 0 Å². The van der Waals surface area contributed by atoms with Crippen molar-refractivity contribution in [1.82, 2.24) is 5.43 Å². The Morgan fingerprint density at radius 1 is 0.967 bits per heavy atom. The lowest BCUT2D eigenvalue weighted by atomic mass is 10.1. The highest BCUT2D eigenvalue weighted by atomic mass is 35.5. The van der Waals surface area contributed by atoms with Gasteiger partial charge in [0.15, 0.2) is 11.5 Å². The standard InChI is InChI=1S/C22H18ClN3O4/c1-30-20-12-14(2-11-19(20)27)13-24-26-22(29)16-5-9-18(10-6-16)25-21(28)15-3-7-17(23)8-4-15/h2-13,27H,1H3,(H,25,28)(H,26,29)/b24-13+. The highest BCUT2D eigenvalue weighted by molar-refractivity contribution is 6.30. The fourth-order valence-electron chi connectivity index (χ4n) is 2.51. The second kappa shape index (κ2) is 9.58. The number of hydrazone groups is 1. The molecule has 0 aromatic heterocycles. The topological polar surface area (TPSA) is 100 Å². The summed E-state index contributed by atoms with van der Waals surface area (Å²) >= 11 is 5.82. The molecule has 0 saturated carbocycles. The number of nitrogens with one attached hydrogen (secondary N) is 2. The van der Waals surface area contributed by atoms with Crippen LogP contribution in [0.2, 0.25) is 5.02 Å². The molecule has 3 rings (SSSR count). The van der Waals surface area contributed by atoms with Gasteiger partial charge in [-0.3, -0.25) is 9.59 Å². The molecular formula is C22H18ClN3O4. The Bertz CT molecular complexity index is 1080. The summed E-state index contributed by atoms with van der Waals surface area (Å²) in [6.07, 6.45) is 1.43. The number of aromatic hydroxyl groups is 1. The smallest absolute Gasteiger partial charge is 0.271 e. The summed E-state index contributed by atoms with van der Waals surface area (Å²) in [5.41, 5.74) is 4.46. The van der Waals surface area contributed by atoms with E-state index in [1.165, 1.54) is 19.4 Å². The molecule has 0 bridgehead atoms. The number of nitrogens with zero attached hydrogens (tertiary/aromatic N) is 1. The van der Waals surface area contributed by atoms with Crippen LogP contribution in [0, 0.1) is 0 Å². The summed E-state index contributed by atoms with van der Waals surface area (Å²) in [5, 5.41) is 16.8. The lowest BCUT2D eigenvalue weighted by Gasteiger charge is -2.06. The number of methoxy groups -OCH3 is 1. The summed E-state index contributed by atoms with van der Waals surface area (Å²) in [6, 6.07) is 17.6. The Hall–Kier alpha value is -3.84. The van der Waals surface area contributed by atoms with E-state index in [2.05, 4.69) is 15.8 Å². The average Bonchev–Trinajstić information content (AvgIpc) is 2.75. The van der Waals surface area contributed by atoms with Crippen LogP contribution in [0.3, 0.4) is 0 Å². The summed E-state index contributed by atoms with van der Waals surface area (Å²) in [5.74, 6) is -0.367. The van der Waals surface area contributed by atoms with Crippen molar-refractivity contribution >= 4 is 35.3 Å². The van der Waals surface area contributed by atoms with Crippen molar-refractivity contribution in [3.05, 3.63) is 88.4 Å².